The highest BCUT2D eigenvalue weighted by atomic mass is 16.5. The summed E-state index contributed by atoms with van der Waals surface area (Å²) in [7, 11) is 0. The molecule has 1 atom stereocenters. The SMILES string of the molecule is CC(C)CC1CC(=O)NC12CCOCC2. The van der Waals surface area contributed by atoms with Crippen LogP contribution in [-0.4, -0.2) is 24.7 Å². The molecule has 0 aliphatic carbocycles. The molecule has 1 spiro atoms. The second kappa shape index (κ2) is 4.12. The molecule has 86 valence electrons. The van der Waals surface area contributed by atoms with Gasteiger partial charge in [-0.05, 0) is 31.1 Å². The summed E-state index contributed by atoms with van der Waals surface area (Å²) < 4.78 is 5.39. The summed E-state index contributed by atoms with van der Waals surface area (Å²) >= 11 is 0. The van der Waals surface area contributed by atoms with Gasteiger partial charge in [-0.15, -0.1) is 0 Å². The van der Waals surface area contributed by atoms with Gasteiger partial charge >= 0.3 is 0 Å². The number of ether oxygens (including phenoxy) is 1. The zero-order chi connectivity index (χ0) is 10.9. The van der Waals surface area contributed by atoms with Gasteiger partial charge < -0.3 is 10.1 Å². The van der Waals surface area contributed by atoms with Crippen LogP contribution >= 0.6 is 0 Å². The molecule has 15 heavy (non-hydrogen) atoms. The van der Waals surface area contributed by atoms with Crippen molar-refractivity contribution < 1.29 is 9.53 Å². The average Bonchev–Trinajstić information content (AvgIpc) is 2.43. The van der Waals surface area contributed by atoms with Crippen molar-refractivity contribution in [3.63, 3.8) is 0 Å². The van der Waals surface area contributed by atoms with E-state index in [-0.39, 0.29) is 11.4 Å². The lowest BCUT2D eigenvalue weighted by atomic mass is 9.75. The molecular weight excluding hydrogens is 190 g/mol. The largest absolute Gasteiger partial charge is 0.381 e. The Balaban J connectivity index is 2.09. The second-order valence-electron chi connectivity index (χ2n) is 5.35. The Kier molecular flexibility index (Phi) is 3.01. The zero-order valence-corrected chi connectivity index (χ0v) is 9.71. The zero-order valence-electron chi connectivity index (χ0n) is 9.71. The summed E-state index contributed by atoms with van der Waals surface area (Å²) in [4.78, 5) is 11.6. The topological polar surface area (TPSA) is 38.3 Å². The molecule has 0 aromatic rings. The normalized spacial score (nSPS) is 29.8. The number of hydrogen-bond acceptors (Lipinski definition) is 2. The molecule has 2 saturated heterocycles. The summed E-state index contributed by atoms with van der Waals surface area (Å²) in [5, 5.41) is 3.21. The van der Waals surface area contributed by atoms with Crippen LogP contribution in [0.15, 0.2) is 0 Å². The smallest absolute Gasteiger partial charge is 0.220 e. The first kappa shape index (κ1) is 10.9. The lowest BCUT2D eigenvalue weighted by Crippen LogP contribution is -2.50. The van der Waals surface area contributed by atoms with E-state index in [2.05, 4.69) is 19.2 Å². The predicted molar refractivity (Wildman–Crippen MR) is 58.5 cm³/mol. The quantitative estimate of drug-likeness (QED) is 0.755. The Labute approximate surface area is 91.6 Å². The maximum atomic E-state index is 11.6. The summed E-state index contributed by atoms with van der Waals surface area (Å²) in [6.45, 7) is 6.06. The Morgan fingerprint density at radius 2 is 2.13 bits per heavy atom. The fraction of sp³-hybridized carbons (Fsp3) is 0.917. The third-order valence-corrected chi connectivity index (χ3v) is 3.74. The monoisotopic (exact) mass is 211 g/mol. The predicted octanol–water partition coefficient (Wildman–Crippen LogP) is 1.72. The number of rotatable bonds is 2. The number of carbonyl (C=O) groups excluding carboxylic acids is 1. The van der Waals surface area contributed by atoms with Crippen molar-refractivity contribution in [3.8, 4) is 0 Å². The van der Waals surface area contributed by atoms with E-state index in [1.807, 2.05) is 0 Å². The first-order valence-corrected chi connectivity index (χ1v) is 6.01. The Bertz CT molecular complexity index is 244. The van der Waals surface area contributed by atoms with Crippen molar-refractivity contribution in [1.82, 2.24) is 5.32 Å². The lowest BCUT2D eigenvalue weighted by Gasteiger charge is -2.39. The van der Waals surface area contributed by atoms with Gasteiger partial charge in [-0.3, -0.25) is 4.79 Å². The van der Waals surface area contributed by atoms with Crippen LogP contribution in [-0.2, 0) is 9.53 Å². The van der Waals surface area contributed by atoms with Gasteiger partial charge in [0.05, 0.1) is 0 Å². The molecule has 0 aromatic heterocycles. The van der Waals surface area contributed by atoms with Crippen LogP contribution in [0.1, 0.15) is 39.5 Å². The van der Waals surface area contributed by atoms with E-state index in [9.17, 15) is 4.79 Å². The molecule has 0 aromatic carbocycles. The molecule has 0 bridgehead atoms. The highest BCUT2D eigenvalue weighted by molar-refractivity contribution is 5.80. The summed E-state index contributed by atoms with van der Waals surface area (Å²) in [5.41, 5.74) is 0.0691. The van der Waals surface area contributed by atoms with Crippen LogP contribution in [0.25, 0.3) is 0 Å². The Hall–Kier alpha value is -0.570. The first-order chi connectivity index (χ1) is 7.12. The van der Waals surface area contributed by atoms with Gasteiger partial charge in [0.1, 0.15) is 0 Å². The molecule has 3 nitrogen and oxygen atoms in total. The van der Waals surface area contributed by atoms with Gasteiger partial charge in [0.2, 0.25) is 5.91 Å². The Morgan fingerprint density at radius 3 is 2.73 bits per heavy atom. The summed E-state index contributed by atoms with van der Waals surface area (Å²) in [6.07, 6.45) is 3.86. The molecule has 1 N–H and O–H groups in total. The number of hydrogen-bond donors (Lipinski definition) is 1. The van der Waals surface area contributed by atoms with Crippen LogP contribution in [0.3, 0.4) is 0 Å². The van der Waals surface area contributed by atoms with Gasteiger partial charge in [0.15, 0.2) is 0 Å². The van der Waals surface area contributed by atoms with Crippen LogP contribution in [0.4, 0.5) is 0 Å². The van der Waals surface area contributed by atoms with Crippen LogP contribution in [0.5, 0.6) is 0 Å². The van der Waals surface area contributed by atoms with E-state index in [0.717, 1.165) is 38.9 Å². The van der Waals surface area contributed by atoms with Crippen molar-refractivity contribution >= 4 is 5.91 Å². The molecular formula is C12H21NO2. The molecule has 0 radical (unpaired) electrons. The fourth-order valence-corrected chi connectivity index (χ4v) is 3.00. The van der Waals surface area contributed by atoms with E-state index in [1.165, 1.54) is 0 Å². The molecule has 0 saturated carbocycles. The van der Waals surface area contributed by atoms with Crippen molar-refractivity contribution in [1.29, 1.82) is 0 Å². The maximum absolute atomic E-state index is 11.6. The van der Waals surface area contributed by atoms with E-state index in [0.29, 0.717) is 11.8 Å². The van der Waals surface area contributed by atoms with Gasteiger partial charge in [-0.1, -0.05) is 13.8 Å². The Morgan fingerprint density at radius 1 is 1.47 bits per heavy atom. The average molecular weight is 211 g/mol. The van der Waals surface area contributed by atoms with Crippen LogP contribution in [0, 0.1) is 11.8 Å². The number of nitrogens with one attached hydrogen (secondary N) is 1. The second-order valence-corrected chi connectivity index (χ2v) is 5.35. The first-order valence-electron chi connectivity index (χ1n) is 6.01. The third-order valence-electron chi connectivity index (χ3n) is 3.74. The van der Waals surface area contributed by atoms with Crippen molar-refractivity contribution in [2.24, 2.45) is 11.8 Å². The highest BCUT2D eigenvalue weighted by Gasteiger charge is 2.46. The van der Waals surface area contributed by atoms with Gasteiger partial charge in [0.25, 0.3) is 0 Å². The summed E-state index contributed by atoms with van der Waals surface area (Å²) in [5.74, 6) is 1.43. The third kappa shape index (κ3) is 2.17. The molecule has 2 aliphatic heterocycles. The van der Waals surface area contributed by atoms with E-state index < -0.39 is 0 Å². The van der Waals surface area contributed by atoms with Crippen molar-refractivity contribution in [2.45, 2.75) is 45.1 Å². The molecule has 2 aliphatic rings. The molecule has 1 unspecified atom stereocenters. The molecule has 2 heterocycles. The minimum absolute atomic E-state index is 0.0691. The minimum atomic E-state index is 0.0691. The maximum Gasteiger partial charge on any atom is 0.220 e. The van der Waals surface area contributed by atoms with Crippen molar-refractivity contribution in [2.75, 3.05) is 13.2 Å². The van der Waals surface area contributed by atoms with Gasteiger partial charge in [-0.25, -0.2) is 0 Å². The lowest BCUT2D eigenvalue weighted by molar-refractivity contribution is -0.120. The number of carbonyl (C=O) groups is 1. The standard InChI is InChI=1S/C12H21NO2/c1-9(2)7-10-8-11(14)13-12(10)3-5-15-6-4-12/h9-10H,3-8H2,1-2H3,(H,13,14). The van der Waals surface area contributed by atoms with Gasteiger partial charge in [0, 0.05) is 25.2 Å². The molecule has 2 fully saturated rings. The molecule has 1 amide bonds. The molecule has 3 heteroatoms. The highest BCUT2D eigenvalue weighted by Crippen LogP contribution is 2.39. The summed E-state index contributed by atoms with van der Waals surface area (Å²) in [6, 6.07) is 0. The van der Waals surface area contributed by atoms with Crippen LogP contribution < -0.4 is 5.32 Å². The van der Waals surface area contributed by atoms with E-state index in [1.54, 1.807) is 0 Å². The van der Waals surface area contributed by atoms with Crippen molar-refractivity contribution in [3.05, 3.63) is 0 Å². The van der Waals surface area contributed by atoms with E-state index in [4.69, 9.17) is 4.74 Å². The van der Waals surface area contributed by atoms with Crippen LogP contribution in [0.2, 0.25) is 0 Å². The number of amides is 1. The molecule has 2 rings (SSSR count). The minimum Gasteiger partial charge on any atom is -0.381 e. The van der Waals surface area contributed by atoms with Gasteiger partial charge in [-0.2, -0.15) is 0 Å². The van der Waals surface area contributed by atoms with E-state index >= 15 is 0 Å². The fourth-order valence-electron chi connectivity index (χ4n) is 3.00.